The summed E-state index contributed by atoms with van der Waals surface area (Å²) in [6.45, 7) is 0. The maximum atomic E-state index is 14.2. The molecule has 1 aliphatic heterocycles. The van der Waals surface area contributed by atoms with Gasteiger partial charge in [-0.15, -0.1) is 0 Å². The molecule has 0 aliphatic carbocycles. The number of guanidine groups is 1. The Morgan fingerprint density at radius 3 is 2.76 bits per heavy atom. The zero-order valence-corrected chi connectivity index (χ0v) is 13.8. The number of aromatic nitrogens is 1. The maximum Gasteiger partial charge on any atom is 0.255 e. The van der Waals surface area contributed by atoms with E-state index in [9.17, 15) is 17.2 Å². The second-order valence-corrected chi connectivity index (χ2v) is 7.41. The predicted octanol–water partition coefficient (Wildman–Crippen LogP) is 1.99. The molecular weight excluding hydrogens is 354 g/mol. The topological polar surface area (TPSA) is 95.4 Å². The molecule has 1 atom stereocenters. The average molecular weight is 368 g/mol. The van der Waals surface area contributed by atoms with E-state index in [4.69, 9.17) is 10.1 Å². The highest BCUT2D eigenvalue weighted by atomic mass is 32.2. The van der Waals surface area contributed by atoms with Crippen LogP contribution in [0.2, 0.25) is 0 Å². The Balaban J connectivity index is 1.92. The van der Waals surface area contributed by atoms with Gasteiger partial charge in [0.1, 0.15) is 11.6 Å². The molecule has 3 rings (SSSR count). The largest absolute Gasteiger partial charge is 0.436 e. The number of ether oxygens (including phenoxy) is 1. The highest BCUT2D eigenvalue weighted by Crippen LogP contribution is 2.29. The van der Waals surface area contributed by atoms with Crippen molar-refractivity contribution < 1.29 is 21.9 Å². The molecule has 1 saturated heterocycles. The number of nitrogens with one attached hydrogen (secondary N) is 2. The van der Waals surface area contributed by atoms with E-state index in [2.05, 4.69) is 10.3 Å². The van der Waals surface area contributed by atoms with E-state index < -0.39 is 33.5 Å². The summed E-state index contributed by atoms with van der Waals surface area (Å²) in [6, 6.07) is 5.22. The second kappa shape index (κ2) is 6.28. The van der Waals surface area contributed by atoms with Gasteiger partial charge in [0.15, 0.2) is 5.82 Å². The molecule has 0 saturated carbocycles. The fraction of sp³-hybridized carbons (Fsp3) is 0.200. The zero-order valence-electron chi connectivity index (χ0n) is 13.0. The van der Waals surface area contributed by atoms with Crippen LogP contribution in [0, 0.1) is 17.0 Å². The van der Waals surface area contributed by atoms with Gasteiger partial charge < -0.3 is 10.1 Å². The SMILES string of the molecule is CN1C(=N)N[C@H](c2cc(Oc3ncccc3F)ccc2F)CS1(=O)=O. The van der Waals surface area contributed by atoms with E-state index in [1.54, 1.807) is 0 Å². The number of hydrogen-bond acceptors (Lipinski definition) is 5. The molecule has 2 aromatic rings. The van der Waals surface area contributed by atoms with Crippen LogP contribution < -0.4 is 10.1 Å². The van der Waals surface area contributed by atoms with Crippen molar-refractivity contribution in [2.45, 2.75) is 6.04 Å². The Morgan fingerprint density at radius 1 is 1.32 bits per heavy atom. The number of benzene rings is 1. The molecule has 0 radical (unpaired) electrons. The molecule has 1 fully saturated rings. The van der Waals surface area contributed by atoms with Gasteiger partial charge in [-0.25, -0.2) is 26.5 Å². The van der Waals surface area contributed by atoms with Crippen molar-refractivity contribution in [3.05, 3.63) is 53.7 Å². The van der Waals surface area contributed by atoms with E-state index in [-0.39, 0.29) is 23.2 Å². The van der Waals surface area contributed by atoms with E-state index in [0.717, 1.165) is 10.4 Å². The molecular formula is C15H14F2N4O3S. The fourth-order valence-electron chi connectivity index (χ4n) is 2.34. The summed E-state index contributed by atoms with van der Waals surface area (Å²) in [4.78, 5) is 3.74. The highest BCUT2D eigenvalue weighted by Gasteiger charge is 2.34. The van der Waals surface area contributed by atoms with Crippen molar-refractivity contribution in [2.24, 2.45) is 0 Å². The number of rotatable bonds is 3. The minimum absolute atomic E-state index is 0.00438. The average Bonchev–Trinajstić information content (AvgIpc) is 2.56. The van der Waals surface area contributed by atoms with Gasteiger partial charge in [-0.1, -0.05) is 0 Å². The molecule has 1 aromatic carbocycles. The predicted molar refractivity (Wildman–Crippen MR) is 85.8 cm³/mol. The molecule has 1 aromatic heterocycles. The van der Waals surface area contributed by atoms with Crippen molar-refractivity contribution in [3.8, 4) is 11.6 Å². The third-order valence-electron chi connectivity index (χ3n) is 3.70. The molecule has 0 spiro atoms. The van der Waals surface area contributed by atoms with Gasteiger partial charge >= 0.3 is 0 Å². The minimum atomic E-state index is -3.74. The Labute approximate surface area is 142 Å². The lowest BCUT2D eigenvalue weighted by Crippen LogP contribution is -2.52. The summed E-state index contributed by atoms with van der Waals surface area (Å²) in [6.07, 6.45) is 1.34. The van der Waals surface area contributed by atoms with E-state index in [1.165, 1.54) is 37.5 Å². The first-order chi connectivity index (χ1) is 11.8. The van der Waals surface area contributed by atoms with Crippen LogP contribution in [0.15, 0.2) is 36.5 Å². The molecule has 2 N–H and O–H groups in total. The van der Waals surface area contributed by atoms with Gasteiger partial charge in [0.05, 0.1) is 11.8 Å². The molecule has 0 bridgehead atoms. The number of hydrogen-bond donors (Lipinski definition) is 2. The Bertz CT molecular complexity index is 936. The van der Waals surface area contributed by atoms with Gasteiger partial charge in [0.25, 0.3) is 5.88 Å². The summed E-state index contributed by atoms with van der Waals surface area (Å²) in [5.41, 5.74) is -0.00438. The molecule has 0 unspecified atom stereocenters. The molecule has 1 aliphatic rings. The molecule has 7 nitrogen and oxygen atoms in total. The third kappa shape index (κ3) is 3.38. The van der Waals surface area contributed by atoms with Crippen LogP contribution in [-0.4, -0.2) is 36.5 Å². The van der Waals surface area contributed by atoms with Gasteiger partial charge in [0.2, 0.25) is 16.0 Å². The quantitative estimate of drug-likeness (QED) is 0.864. The van der Waals surface area contributed by atoms with Gasteiger partial charge in [-0.2, -0.15) is 0 Å². The van der Waals surface area contributed by atoms with Crippen LogP contribution in [0.25, 0.3) is 0 Å². The Kier molecular flexibility index (Phi) is 4.29. The van der Waals surface area contributed by atoms with E-state index in [0.29, 0.717) is 0 Å². The fourth-order valence-corrected chi connectivity index (χ4v) is 3.58. The van der Waals surface area contributed by atoms with Crippen LogP contribution in [0.5, 0.6) is 11.6 Å². The maximum absolute atomic E-state index is 14.2. The Hall–Kier alpha value is -2.75. The summed E-state index contributed by atoms with van der Waals surface area (Å²) >= 11 is 0. The van der Waals surface area contributed by atoms with Crippen molar-refractivity contribution in [3.63, 3.8) is 0 Å². The highest BCUT2D eigenvalue weighted by molar-refractivity contribution is 7.89. The lowest BCUT2D eigenvalue weighted by Gasteiger charge is -2.32. The smallest absolute Gasteiger partial charge is 0.255 e. The van der Waals surface area contributed by atoms with Crippen molar-refractivity contribution in [2.75, 3.05) is 12.8 Å². The number of halogens is 2. The summed E-state index contributed by atoms with van der Waals surface area (Å²) in [5.74, 6) is -2.33. The molecule has 0 amide bonds. The van der Waals surface area contributed by atoms with Crippen LogP contribution in [0.4, 0.5) is 8.78 Å². The molecule has 25 heavy (non-hydrogen) atoms. The van der Waals surface area contributed by atoms with Gasteiger partial charge in [-0.05, 0) is 30.3 Å². The normalized spacial score (nSPS) is 19.4. The first kappa shape index (κ1) is 17.1. The standard InChI is InChI=1S/C15H14F2N4O3S/c1-21-15(18)20-13(8-25(21,22)23)10-7-9(4-5-11(10)16)24-14-12(17)3-2-6-19-14/h2-7,13H,8H2,1H3,(H2,18,20)/t13-/m0/s1. The Morgan fingerprint density at radius 2 is 2.08 bits per heavy atom. The lowest BCUT2D eigenvalue weighted by molar-refractivity contribution is 0.419. The third-order valence-corrected chi connectivity index (χ3v) is 5.47. The van der Waals surface area contributed by atoms with Crippen LogP contribution in [0.3, 0.4) is 0 Å². The van der Waals surface area contributed by atoms with Crippen molar-refractivity contribution in [1.82, 2.24) is 14.6 Å². The second-order valence-electron chi connectivity index (χ2n) is 5.37. The first-order valence-corrected chi connectivity index (χ1v) is 8.78. The first-order valence-electron chi connectivity index (χ1n) is 7.17. The van der Waals surface area contributed by atoms with E-state index in [1.807, 2.05) is 0 Å². The molecule has 2 heterocycles. The molecule has 132 valence electrons. The lowest BCUT2D eigenvalue weighted by atomic mass is 10.1. The number of sulfonamides is 1. The van der Waals surface area contributed by atoms with E-state index >= 15 is 0 Å². The zero-order chi connectivity index (χ0) is 18.2. The van der Waals surface area contributed by atoms with Crippen LogP contribution >= 0.6 is 0 Å². The summed E-state index contributed by atoms with van der Waals surface area (Å²) < 4.78 is 58.0. The number of nitrogens with zero attached hydrogens (tertiary/aromatic N) is 2. The summed E-state index contributed by atoms with van der Waals surface area (Å²) in [5, 5.41) is 10.3. The van der Waals surface area contributed by atoms with Gasteiger partial charge in [-0.3, -0.25) is 5.41 Å². The van der Waals surface area contributed by atoms with Gasteiger partial charge in [0, 0.05) is 18.8 Å². The number of pyridine rings is 1. The minimum Gasteiger partial charge on any atom is -0.436 e. The van der Waals surface area contributed by atoms with Crippen molar-refractivity contribution in [1.29, 1.82) is 5.41 Å². The van der Waals surface area contributed by atoms with Crippen molar-refractivity contribution >= 4 is 16.0 Å². The van der Waals surface area contributed by atoms with Crippen LogP contribution in [0.1, 0.15) is 11.6 Å². The monoisotopic (exact) mass is 368 g/mol. The molecule has 10 heteroatoms. The van der Waals surface area contributed by atoms with Crippen LogP contribution in [-0.2, 0) is 10.0 Å². The summed E-state index contributed by atoms with van der Waals surface area (Å²) in [7, 11) is -2.50.